The molecule has 2 amide bonds. The molecule has 1 saturated heterocycles. The quantitative estimate of drug-likeness (QED) is 0.831. The molecule has 2 fully saturated rings. The Hall–Kier alpha value is -1.30. The fourth-order valence-electron chi connectivity index (χ4n) is 3.43. The molecule has 23 heavy (non-hydrogen) atoms. The van der Waals surface area contributed by atoms with Crippen LogP contribution in [0.15, 0.2) is 0 Å². The number of likely N-dealkylation sites (tertiary alicyclic amines) is 1. The topological polar surface area (TPSA) is 84.7 Å². The van der Waals surface area contributed by atoms with E-state index in [-0.39, 0.29) is 17.9 Å². The van der Waals surface area contributed by atoms with Gasteiger partial charge in [0.25, 0.3) is 0 Å². The van der Waals surface area contributed by atoms with E-state index in [4.69, 9.17) is 10.5 Å². The number of alkyl carbamates (subject to hydrolysis) is 1. The maximum absolute atomic E-state index is 12.9. The normalized spacial score (nSPS) is 26.7. The van der Waals surface area contributed by atoms with E-state index < -0.39 is 17.7 Å². The minimum absolute atomic E-state index is 0.0360. The highest BCUT2D eigenvalue weighted by atomic mass is 16.6. The number of rotatable bonds is 3. The highest BCUT2D eigenvalue weighted by Gasteiger charge is 2.36. The predicted molar refractivity (Wildman–Crippen MR) is 88.9 cm³/mol. The molecule has 0 unspecified atom stereocenters. The van der Waals surface area contributed by atoms with Gasteiger partial charge in [0.15, 0.2) is 0 Å². The van der Waals surface area contributed by atoms with Gasteiger partial charge in [-0.15, -0.1) is 0 Å². The average molecular weight is 325 g/mol. The molecule has 1 atom stereocenters. The highest BCUT2D eigenvalue weighted by Crippen LogP contribution is 2.28. The van der Waals surface area contributed by atoms with Crippen LogP contribution in [-0.2, 0) is 9.53 Å². The molecule has 1 aliphatic carbocycles. The zero-order chi connectivity index (χ0) is 17.0. The first-order chi connectivity index (χ1) is 10.8. The molecule has 2 aliphatic rings. The van der Waals surface area contributed by atoms with E-state index >= 15 is 0 Å². The number of carbonyl (C=O) groups is 2. The molecule has 0 aromatic carbocycles. The molecule has 0 bridgehead atoms. The lowest BCUT2D eigenvalue weighted by molar-refractivity contribution is -0.134. The summed E-state index contributed by atoms with van der Waals surface area (Å²) in [4.78, 5) is 26.9. The van der Waals surface area contributed by atoms with Gasteiger partial charge < -0.3 is 20.7 Å². The average Bonchev–Trinajstić information content (AvgIpc) is 2.97. The molecule has 1 aliphatic heterocycles. The van der Waals surface area contributed by atoms with Crippen molar-refractivity contribution in [3.05, 3.63) is 0 Å². The van der Waals surface area contributed by atoms with Crippen molar-refractivity contribution in [1.82, 2.24) is 10.2 Å². The molecule has 0 aromatic rings. The summed E-state index contributed by atoms with van der Waals surface area (Å²) in [5, 5.41) is 2.84. The van der Waals surface area contributed by atoms with Crippen LogP contribution in [0.4, 0.5) is 4.79 Å². The van der Waals surface area contributed by atoms with Gasteiger partial charge in [0.1, 0.15) is 11.6 Å². The number of nitrogens with one attached hydrogen (secondary N) is 1. The van der Waals surface area contributed by atoms with Crippen LogP contribution >= 0.6 is 0 Å². The molecule has 0 spiro atoms. The molecule has 1 heterocycles. The van der Waals surface area contributed by atoms with Crippen LogP contribution in [0, 0.1) is 5.92 Å². The third-order valence-electron chi connectivity index (χ3n) is 4.64. The number of carbonyl (C=O) groups excluding carboxylic acids is 2. The highest BCUT2D eigenvalue weighted by molar-refractivity contribution is 5.86. The van der Waals surface area contributed by atoms with Crippen LogP contribution in [0.1, 0.15) is 59.3 Å². The molecular weight excluding hydrogens is 294 g/mol. The monoisotopic (exact) mass is 325 g/mol. The van der Waals surface area contributed by atoms with Crippen molar-refractivity contribution in [1.29, 1.82) is 0 Å². The van der Waals surface area contributed by atoms with Crippen LogP contribution in [0.25, 0.3) is 0 Å². The summed E-state index contributed by atoms with van der Waals surface area (Å²) in [6.07, 6.45) is 5.14. The standard InChI is InChI=1S/C17H31N3O3/c1-17(2,3)23-16(22)19-14(12-6-8-13(18)9-7-12)15(21)20-10-4-5-11-20/h12-14H,4-11,18H2,1-3H3,(H,19,22)/t12-,13+,14-/m0/s1. The first-order valence-electron chi connectivity index (χ1n) is 8.80. The second-order valence-electron chi connectivity index (χ2n) is 7.83. The molecule has 6 heteroatoms. The Morgan fingerprint density at radius 3 is 2.22 bits per heavy atom. The summed E-state index contributed by atoms with van der Waals surface area (Å²) >= 11 is 0. The van der Waals surface area contributed by atoms with Crippen molar-refractivity contribution < 1.29 is 14.3 Å². The van der Waals surface area contributed by atoms with Gasteiger partial charge in [-0.2, -0.15) is 0 Å². The van der Waals surface area contributed by atoms with Crippen LogP contribution in [-0.4, -0.2) is 47.7 Å². The minimum Gasteiger partial charge on any atom is -0.444 e. The Morgan fingerprint density at radius 2 is 1.70 bits per heavy atom. The molecule has 132 valence electrons. The Balaban J connectivity index is 2.04. The van der Waals surface area contributed by atoms with Crippen LogP contribution in [0.5, 0.6) is 0 Å². The smallest absolute Gasteiger partial charge is 0.408 e. The Kier molecular flexibility index (Phi) is 5.89. The molecule has 0 aromatic heterocycles. The van der Waals surface area contributed by atoms with Gasteiger partial charge >= 0.3 is 6.09 Å². The predicted octanol–water partition coefficient (Wildman–Crippen LogP) is 2.02. The first-order valence-corrected chi connectivity index (χ1v) is 8.80. The van der Waals surface area contributed by atoms with Gasteiger partial charge in [0, 0.05) is 19.1 Å². The van der Waals surface area contributed by atoms with Gasteiger partial charge in [-0.3, -0.25) is 4.79 Å². The van der Waals surface area contributed by atoms with Gasteiger partial charge in [0.2, 0.25) is 5.91 Å². The van der Waals surface area contributed by atoms with Crippen molar-refractivity contribution in [2.45, 2.75) is 77.0 Å². The summed E-state index contributed by atoms with van der Waals surface area (Å²) in [6, 6.07) is -0.272. The van der Waals surface area contributed by atoms with E-state index in [1.807, 2.05) is 25.7 Å². The van der Waals surface area contributed by atoms with Crippen LogP contribution < -0.4 is 11.1 Å². The second-order valence-corrected chi connectivity index (χ2v) is 7.83. The number of nitrogens with two attached hydrogens (primary N) is 1. The van der Waals surface area contributed by atoms with E-state index in [1.54, 1.807) is 0 Å². The summed E-state index contributed by atoms with van der Waals surface area (Å²) < 4.78 is 5.35. The van der Waals surface area contributed by atoms with Crippen molar-refractivity contribution in [2.75, 3.05) is 13.1 Å². The maximum Gasteiger partial charge on any atom is 0.408 e. The lowest BCUT2D eigenvalue weighted by Crippen LogP contribution is -2.53. The van der Waals surface area contributed by atoms with Gasteiger partial charge in [-0.25, -0.2) is 4.79 Å². The zero-order valence-corrected chi connectivity index (χ0v) is 14.6. The molecule has 6 nitrogen and oxygen atoms in total. The van der Waals surface area contributed by atoms with Crippen LogP contribution in [0.3, 0.4) is 0 Å². The SMILES string of the molecule is CC(C)(C)OC(=O)N[C@H](C(=O)N1CCCC1)[C@H]1CC[C@@H](N)CC1. The van der Waals surface area contributed by atoms with Gasteiger partial charge in [-0.1, -0.05) is 0 Å². The van der Waals surface area contributed by atoms with Crippen molar-refractivity contribution in [2.24, 2.45) is 11.7 Å². The van der Waals surface area contributed by atoms with Crippen LogP contribution in [0.2, 0.25) is 0 Å². The molecular formula is C17H31N3O3. The molecule has 3 N–H and O–H groups in total. The van der Waals surface area contributed by atoms with E-state index in [0.29, 0.717) is 0 Å². The molecule has 1 saturated carbocycles. The lowest BCUT2D eigenvalue weighted by Gasteiger charge is -2.34. The Bertz CT molecular complexity index is 419. The number of amides is 2. The van der Waals surface area contributed by atoms with E-state index in [0.717, 1.165) is 51.6 Å². The Morgan fingerprint density at radius 1 is 1.13 bits per heavy atom. The van der Waals surface area contributed by atoms with E-state index in [9.17, 15) is 9.59 Å². The lowest BCUT2D eigenvalue weighted by atomic mass is 9.81. The number of nitrogens with zero attached hydrogens (tertiary/aromatic N) is 1. The van der Waals surface area contributed by atoms with Gasteiger partial charge in [-0.05, 0) is 65.2 Å². The fourth-order valence-corrected chi connectivity index (χ4v) is 3.43. The van der Waals surface area contributed by atoms with E-state index in [2.05, 4.69) is 5.32 Å². The third-order valence-corrected chi connectivity index (χ3v) is 4.64. The second kappa shape index (κ2) is 7.51. The maximum atomic E-state index is 12.9. The Labute approximate surface area is 139 Å². The van der Waals surface area contributed by atoms with Crippen molar-refractivity contribution >= 4 is 12.0 Å². The molecule has 2 rings (SSSR count). The number of ether oxygens (including phenoxy) is 1. The summed E-state index contributed by atoms with van der Waals surface area (Å²) in [5.74, 6) is 0.184. The molecule has 0 radical (unpaired) electrons. The summed E-state index contributed by atoms with van der Waals surface area (Å²) in [5.41, 5.74) is 5.40. The van der Waals surface area contributed by atoms with Gasteiger partial charge in [0.05, 0.1) is 0 Å². The zero-order valence-electron chi connectivity index (χ0n) is 14.6. The number of hydrogen-bond acceptors (Lipinski definition) is 4. The van der Waals surface area contributed by atoms with E-state index in [1.165, 1.54) is 0 Å². The first kappa shape index (κ1) is 18.0. The summed E-state index contributed by atoms with van der Waals surface area (Å²) in [7, 11) is 0. The summed E-state index contributed by atoms with van der Waals surface area (Å²) in [6.45, 7) is 7.05. The largest absolute Gasteiger partial charge is 0.444 e. The number of hydrogen-bond donors (Lipinski definition) is 2. The fraction of sp³-hybridized carbons (Fsp3) is 0.882. The van der Waals surface area contributed by atoms with Crippen molar-refractivity contribution in [3.8, 4) is 0 Å². The van der Waals surface area contributed by atoms with Crippen molar-refractivity contribution in [3.63, 3.8) is 0 Å². The minimum atomic E-state index is -0.569. The third kappa shape index (κ3) is 5.37.